The number of benzene rings is 2. The van der Waals surface area contributed by atoms with E-state index in [1.807, 2.05) is 18.2 Å². The molecule has 1 amide bonds. The largest absolute Gasteiger partial charge is 0.497 e. The summed E-state index contributed by atoms with van der Waals surface area (Å²) < 4.78 is 10.4. The van der Waals surface area contributed by atoms with E-state index in [0.717, 1.165) is 10.9 Å². The number of nitrogens with zero attached hydrogens (tertiary/aromatic N) is 1. The van der Waals surface area contributed by atoms with E-state index < -0.39 is 0 Å². The van der Waals surface area contributed by atoms with Gasteiger partial charge >= 0.3 is 0 Å². The predicted octanol–water partition coefficient (Wildman–Crippen LogP) is 2.83. The van der Waals surface area contributed by atoms with Gasteiger partial charge in [0, 0.05) is 11.5 Å². The maximum atomic E-state index is 12.5. The quantitative estimate of drug-likeness (QED) is 0.776. The summed E-state index contributed by atoms with van der Waals surface area (Å²) in [5.41, 5.74) is 1.88. The Morgan fingerprint density at radius 3 is 2.82 bits per heavy atom. The van der Waals surface area contributed by atoms with E-state index >= 15 is 0 Å². The average Bonchev–Trinajstić information content (AvgIpc) is 3.03. The lowest BCUT2D eigenvalue weighted by Crippen LogP contribution is -2.13. The summed E-state index contributed by atoms with van der Waals surface area (Å²) in [4.78, 5) is 12.5. The minimum Gasteiger partial charge on any atom is -0.497 e. The first kappa shape index (κ1) is 13.9. The van der Waals surface area contributed by atoms with E-state index in [1.54, 1.807) is 31.5 Å². The van der Waals surface area contributed by atoms with Crippen molar-refractivity contribution in [1.29, 1.82) is 0 Å². The molecule has 2 N–H and O–H groups in total. The van der Waals surface area contributed by atoms with Crippen molar-refractivity contribution in [2.24, 2.45) is 0 Å². The van der Waals surface area contributed by atoms with Gasteiger partial charge in [-0.3, -0.25) is 9.89 Å². The van der Waals surface area contributed by atoms with Crippen LogP contribution in [0.1, 0.15) is 10.4 Å². The van der Waals surface area contributed by atoms with Crippen LogP contribution in [0.25, 0.3) is 10.9 Å². The number of H-pyrrole nitrogens is 1. The van der Waals surface area contributed by atoms with Gasteiger partial charge in [-0.2, -0.15) is 5.10 Å². The first-order chi connectivity index (χ1) is 10.7. The summed E-state index contributed by atoms with van der Waals surface area (Å²) >= 11 is 0. The Kier molecular flexibility index (Phi) is 3.65. The van der Waals surface area contributed by atoms with Gasteiger partial charge in [0.1, 0.15) is 11.5 Å². The molecule has 0 aliphatic heterocycles. The number of carbonyl (C=O) groups excluding carboxylic acids is 1. The molecule has 0 saturated carbocycles. The Bertz CT molecular complexity index is 826. The molecule has 2 aromatic carbocycles. The van der Waals surface area contributed by atoms with Gasteiger partial charge in [-0.25, -0.2) is 0 Å². The van der Waals surface area contributed by atoms with Crippen LogP contribution in [0.4, 0.5) is 5.69 Å². The SMILES string of the molecule is COc1ccc(C(=O)Nc2cccc3cn[nH]c23)c(OC)c1. The zero-order chi connectivity index (χ0) is 15.5. The van der Waals surface area contributed by atoms with Crippen LogP contribution in [0, 0.1) is 0 Å². The van der Waals surface area contributed by atoms with Crippen LogP contribution in [0.3, 0.4) is 0 Å². The molecule has 22 heavy (non-hydrogen) atoms. The number of anilines is 1. The number of ether oxygens (including phenoxy) is 2. The molecule has 0 aliphatic carbocycles. The first-order valence-corrected chi connectivity index (χ1v) is 6.68. The van der Waals surface area contributed by atoms with Gasteiger partial charge in [0.25, 0.3) is 5.91 Å². The molecule has 0 saturated heterocycles. The summed E-state index contributed by atoms with van der Waals surface area (Å²) in [6.45, 7) is 0. The number of hydrogen-bond donors (Lipinski definition) is 2. The molecule has 1 aromatic heterocycles. The maximum absolute atomic E-state index is 12.5. The Balaban J connectivity index is 1.93. The van der Waals surface area contributed by atoms with Crippen LogP contribution in [-0.2, 0) is 0 Å². The number of amides is 1. The van der Waals surface area contributed by atoms with Crippen LogP contribution < -0.4 is 14.8 Å². The predicted molar refractivity (Wildman–Crippen MR) is 83.6 cm³/mol. The first-order valence-electron chi connectivity index (χ1n) is 6.68. The molecule has 1 heterocycles. The second kappa shape index (κ2) is 5.77. The Hall–Kier alpha value is -3.02. The van der Waals surface area contributed by atoms with Gasteiger partial charge < -0.3 is 14.8 Å². The number of fused-ring (bicyclic) bond motifs is 1. The molecule has 112 valence electrons. The van der Waals surface area contributed by atoms with E-state index in [4.69, 9.17) is 9.47 Å². The molecular formula is C16H15N3O3. The van der Waals surface area contributed by atoms with Crippen molar-refractivity contribution in [2.75, 3.05) is 19.5 Å². The maximum Gasteiger partial charge on any atom is 0.259 e. The minimum absolute atomic E-state index is 0.262. The lowest BCUT2D eigenvalue weighted by molar-refractivity contribution is 0.102. The van der Waals surface area contributed by atoms with Gasteiger partial charge in [0.05, 0.1) is 37.2 Å². The standard InChI is InChI=1S/C16H15N3O3/c1-21-11-6-7-12(14(8-11)22-2)16(20)18-13-5-3-4-10-9-17-19-15(10)13/h3-9H,1-2H3,(H,17,19)(H,18,20). The third-order valence-corrected chi connectivity index (χ3v) is 3.38. The highest BCUT2D eigenvalue weighted by molar-refractivity contribution is 6.09. The van der Waals surface area contributed by atoms with Crippen molar-refractivity contribution >= 4 is 22.5 Å². The van der Waals surface area contributed by atoms with E-state index in [-0.39, 0.29) is 5.91 Å². The van der Waals surface area contributed by atoms with Gasteiger partial charge in [-0.05, 0) is 18.2 Å². The molecule has 3 aromatic rings. The highest BCUT2D eigenvalue weighted by atomic mass is 16.5. The van der Waals surface area contributed by atoms with Crippen molar-refractivity contribution in [2.45, 2.75) is 0 Å². The number of aromatic amines is 1. The average molecular weight is 297 g/mol. The number of para-hydroxylation sites is 1. The minimum atomic E-state index is -0.262. The van der Waals surface area contributed by atoms with Crippen LogP contribution in [0.2, 0.25) is 0 Å². The number of rotatable bonds is 4. The summed E-state index contributed by atoms with van der Waals surface area (Å²) in [6, 6.07) is 10.6. The molecule has 0 aliphatic rings. The van der Waals surface area contributed by atoms with Gasteiger partial charge in [-0.15, -0.1) is 0 Å². The van der Waals surface area contributed by atoms with Crippen molar-refractivity contribution in [3.63, 3.8) is 0 Å². The molecule has 0 atom stereocenters. The van der Waals surface area contributed by atoms with E-state index in [9.17, 15) is 4.79 Å². The van der Waals surface area contributed by atoms with Crippen LogP contribution >= 0.6 is 0 Å². The molecule has 0 spiro atoms. The second-order valence-corrected chi connectivity index (χ2v) is 4.66. The third kappa shape index (κ3) is 2.46. The molecule has 6 heteroatoms. The van der Waals surface area contributed by atoms with Crippen molar-refractivity contribution in [3.8, 4) is 11.5 Å². The summed E-state index contributed by atoms with van der Waals surface area (Å²) in [5.74, 6) is 0.819. The molecule has 3 rings (SSSR count). The van der Waals surface area contributed by atoms with Crippen molar-refractivity contribution in [1.82, 2.24) is 10.2 Å². The number of methoxy groups -OCH3 is 2. The molecule has 0 radical (unpaired) electrons. The lowest BCUT2D eigenvalue weighted by atomic mass is 10.1. The topological polar surface area (TPSA) is 76.2 Å². The monoisotopic (exact) mass is 297 g/mol. The third-order valence-electron chi connectivity index (χ3n) is 3.38. The number of hydrogen-bond acceptors (Lipinski definition) is 4. The van der Waals surface area contributed by atoms with Crippen LogP contribution in [-0.4, -0.2) is 30.3 Å². The zero-order valence-corrected chi connectivity index (χ0v) is 12.2. The number of aromatic nitrogens is 2. The van der Waals surface area contributed by atoms with Gasteiger partial charge in [0.15, 0.2) is 0 Å². The molecule has 0 bridgehead atoms. The summed E-state index contributed by atoms with van der Waals surface area (Å²) in [7, 11) is 3.08. The smallest absolute Gasteiger partial charge is 0.259 e. The van der Waals surface area contributed by atoms with Crippen LogP contribution in [0.15, 0.2) is 42.6 Å². The highest BCUT2D eigenvalue weighted by Crippen LogP contribution is 2.27. The highest BCUT2D eigenvalue weighted by Gasteiger charge is 2.15. The van der Waals surface area contributed by atoms with Gasteiger partial charge in [-0.1, -0.05) is 12.1 Å². The molecule has 6 nitrogen and oxygen atoms in total. The van der Waals surface area contributed by atoms with E-state index in [0.29, 0.717) is 22.7 Å². The molecule has 0 unspecified atom stereocenters. The Morgan fingerprint density at radius 2 is 2.05 bits per heavy atom. The van der Waals surface area contributed by atoms with Crippen LogP contribution in [0.5, 0.6) is 11.5 Å². The molecular weight excluding hydrogens is 282 g/mol. The molecule has 0 fully saturated rings. The Morgan fingerprint density at radius 1 is 1.18 bits per heavy atom. The van der Waals surface area contributed by atoms with E-state index in [1.165, 1.54) is 7.11 Å². The fraction of sp³-hybridized carbons (Fsp3) is 0.125. The number of carbonyl (C=O) groups is 1. The fourth-order valence-corrected chi connectivity index (χ4v) is 2.25. The van der Waals surface area contributed by atoms with E-state index in [2.05, 4.69) is 15.5 Å². The summed E-state index contributed by atoms with van der Waals surface area (Å²) in [5, 5.41) is 10.7. The summed E-state index contributed by atoms with van der Waals surface area (Å²) in [6.07, 6.45) is 1.71. The normalized spacial score (nSPS) is 10.5. The van der Waals surface area contributed by atoms with Crippen molar-refractivity contribution < 1.29 is 14.3 Å². The fourth-order valence-electron chi connectivity index (χ4n) is 2.25. The second-order valence-electron chi connectivity index (χ2n) is 4.66. The van der Waals surface area contributed by atoms with Gasteiger partial charge in [0.2, 0.25) is 0 Å². The number of nitrogens with one attached hydrogen (secondary N) is 2. The zero-order valence-electron chi connectivity index (χ0n) is 12.2. The Labute approximate surface area is 127 Å². The lowest BCUT2D eigenvalue weighted by Gasteiger charge is -2.11. The van der Waals surface area contributed by atoms with Crippen molar-refractivity contribution in [3.05, 3.63) is 48.2 Å².